The summed E-state index contributed by atoms with van der Waals surface area (Å²) in [6, 6.07) is 5.92. The molecule has 4 nitrogen and oxygen atoms in total. The molecule has 3 aromatic heterocycles. The fraction of sp³-hybridized carbons (Fsp3) is 0.200. The van der Waals surface area contributed by atoms with E-state index in [-0.39, 0.29) is 0 Å². The number of aromatic nitrogens is 2. The fourth-order valence-corrected chi connectivity index (χ4v) is 3.81. The van der Waals surface area contributed by atoms with Gasteiger partial charge in [-0.3, -0.25) is 4.90 Å². The molecule has 0 unspecified atom stereocenters. The van der Waals surface area contributed by atoms with Gasteiger partial charge in [-0.15, -0.1) is 17.9 Å². The number of rotatable bonds is 7. The van der Waals surface area contributed by atoms with Gasteiger partial charge in [0.1, 0.15) is 0 Å². The van der Waals surface area contributed by atoms with E-state index in [1.165, 1.54) is 4.88 Å². The van der Waals surface area contributed by atoms with Crippen LogP contribution in [-0.2, 0) is 13.1 Å². The minimum atomic E-state index is 0.564. The Labute approximate surface area is 141 Å². The Hall–Kier alpha value is -1.47. The normalized spacial score (nSPS) is 11.2. The lowest BCUT2D eigenvalue weighted by Gasteiger charge is -2.17. The summed E-state index contributed by atoms with van der Waals surface area (Å²) in [5, 5.41) is 8.04. The van der Waals surface area contributed by atoms with Gasteiger partial charge in [-0.05, 0) is 23.6 Å². The van der Waals surface area contributed by atoms with Crippen LogP contribution in [0.5, 0.6) is 0 Å². The van der Waals surface area contributed by atoms with Crippen LogP contribution in [0.4, 0.5) is 0 Å². The van der Waals surface area contributed by atoms with Gasteiger partial charge in [0.05, 0.1) is 16.4 Å². The van der Waals surface area contributed by atoms with Crippen molar-refractivity contribution in [3.05, 3.63) is 56.7 Å². The van der Waals surface area contributed by atoms with E-state index in [9.17, 15) is 0 Å². The summed E-state index contributed by atoms with van der Waals surface area (Å²) in [5.74, 6) is 1.24. The summed E-state index contributed by atoms with van der Waals surface area (Å²) in [4.78, 5) is 7.85. The van der Waals surface area contributed by atoms with Gasteiger partial charge in [0, 0.05) is 23.3 Å². The molecule has 114 valence electrons. The summed E-state index contributed by atoms with van der Waals surface area (Å²) in [7, 11) is 0. The summed E-state index contributed by atoms with van der Waals surface area (Å²) in [6.45, 7) is 5.95. The molecule has 0 spiro atoms. The predicted octanol–water partition coefficient (Wildman–Crippen LogP) is 4.70. The molecule has 0 amide bonds. The van der Waals surface area contributed by atoms with Crippen molar-refractivity contribution in [2.45, 2.75) is 13.1 Å². The largest absolute Gasteiger partial charge is 0.334 e. The highest BCUT2D eigenvalue weighted by Crippen LogP contribution is 2.24. The van der Waals surface area contributed by atoms with E-state index in [4.69, 9.17) is 16.1 Å². The van der Waals surface area contributed by atoms with Crippen LogP contribution in [0.25, 0.3) is 11.5 Å². The first-order valence-corrected chi connectivity index (χ1v) is 8.81. The smallest absolute Gasteiger partial charge is 0.258 e. The highest BCUT2D eigenvalue weighted by Gasteiger charge is 2.13. The minimum Gasteiger partial charge on any atom is -0.334 e. The molecule has 0 aliphatic heterocycles. The second-order valence-electron chi connectivity index (χ2n) is 4.69. The average molecular weight is 352 g/mol. The lowest BCUT2D eigenvalue weighted by atomic mass is 10.3. The molecule has 0 aliphatic carbocycles. The van der Waals surface area contributed by atoms with Gasteiger partial charge in [-0.1, -0.05) is 22.8 Å². The van der Waals surface area contributed by atoms with E-state index < -0.39 is 0 Å². The van der Waals surface area contributed by atoms with Crippen molar-refractivity contribution < 1.29 is 4.52 Å². The van der Waals surface area contributed by atoms with Crippen LogP contribution in [0.2, 0.25) is 4.34 Å². The number of halogens is 1. The zero-order valence-electron chi connectivity index (χ0n) is 11.7. The van der Waals surface area contributed by atoms with Crippen LogP contribution in [0.1, 0.15) is 10.7 Å². The van der Waals surface area contributed by atoms with Crippen molar-refractivity contribution >= 4 is 34.3 Å². The molecule has 0 saturated carbocycles. The Balaban J connectivity index is 1.69. The van der Waals surface area contributed by atoms with E-state index >= 15 is 0 Å². The molecule has 3 rings (SSSR count). The van der Waals surface area contributed by atoms with Gasteiger partial charge in [-0.25, -0.2) is 0 Å². The van der Waals surface area contributed by atoms with Gasteiger partial charge in [-0.2, -0.15) is 16.3 Å². The first kappa shape index (κ1) is 15.4. The number of thiophene rings is 2. The van der Waals surface area contributed by atoms with E-state index in [1.54, 1.807) is 22.7 Å². The number of nitrogens with zero attached hydrogens (tertiary/aromatic N) is 3. The molecular weight excluding hydrogens is 338 g/mol. The molecular formula is C15H14ClN3OS2. The first-order valence-electron chi connectivity index (χ1n) is 6.67. The highest BCUT2D eigenvalue weighted by molar-refractivity contribution is 7.16. The van der Waals surface area contributed by atoms with Gasteiger partial charge >= 0.3 is 0 Å². The van der Waals surface area contributed by atoms with Crippen LogP contribution >= 0.6 is 34.3 Å². The fourth-order valence-electron chi connectivity index (χ4n) is 2.05. The summed E-state index contributed by atoms with van der Waals surface area (Å²) >= 11 is 9.17. The quantitative estimate of drug-likeness (QED) is 0.578. The predicted molar refractivity (Wildman–Crippen MR) is 91.3 cm³/mol. The second kappa shape index (κ2) is 7.19. The van der Waals surface area contributed by atoms with Gasteiger partial charge in [0.2, 0.25) is 0 Å². The Morgan fingerprint density at radius 3 is 2.91 bits per heavy atom. The molecule has 3 heterocycles. The molecule has 7 heteroatoms. The maximum atomic E-state index is 5.98. The lowest BCUT2D eigenvalue weighted by molar-refractivity contribution is 0.275. The maximum Gasteiger partial charge on any atom is 0.258 e. The lowest BCUT2D eigenvalue weighted by Crippen LogP contribution is -2.23. The third-order valence-electron chi connectivity index (χ3n) is 3.00. The Morgan fingerprint density at radius 1 is 1.32 bits per heavy atom. The standard InChI is InChI=1S/C15H14ClN3OS2/c1-2-6-19(8-12-3-4-13(16)22-12)9-14-17-15(20-18-14)11-5-7-21-10-11/h2-5,7,10H,1,6,8-9H2. The van der Waals surface area contributed by atoms with Crippen LogP contribution in [0, 0.1) is 0 Å². The van der Waals surface area contributed by atoms with Crippen molar-refractivity contribution in [3.8, 4) is 11.5 Å². The number of hydrogen-bond acceptors (Lipinski definition) is 6. The molecule has 3 aromatic rings. The van der Waals surface area contributed by atoms with Crippen molar-refractivity contribution in [1.82, 2.24) is 15.0 Å². The van der Waals surface area contributed by atoms with Crippen molar-refractivity contribution in [1.29, 1.82) is 0 Å². The first-order chi connectivity index (χ1) is 10.7. The van der Waals surface area contributed by atoms with Crippen molar-refractivity contribution in [2.75, 3.05) is 6.54 Å². The van der Waals surface area contributed by atoms with Gasteiger partial charge in [0.15, 0.2) is 5.82 Å². The molecule has 0 saturated heterocycles. The van der Waals surface area contributed by atoms with E-state index in [2.05, 4.69) is 21.6 Å². The van der Waals surface area contributed by atoms with Gasteiger partial charge in [0.25, 0.3) is 5.89 Å². The zero-order chi connectivity index (χ0) is 15.4. The Kier molecular flexibility index (Phi) is 5.04. The van der Waals surface area contributed by atoms with Crippen LogP contribution in [-0.4, -0.2) is 21.6 Å². The zero-order valence-corrected chi connectivity index (χ0v) is 14.1. The van der Waals surface area contributed by atoms with Crippen LogP contribution in [0.15, 0.2) is 46.1 Å². The molecule has 0 radical (unpaired) electrons. The van der Waals surface area contributed by atoms with E-state index in [0.717, 1.165) is 23.0 Å². The second-order valence-corrected chi connectivity index (χ2v) is 7.27. The SMILES string of the molecule is C=CCN(Cc1noc(-c2ccsc2)n1)Cc1ccc(Cl)s1. The summed E-state index contributed by atoms with van der Waals surface area (Å²) in [6.07, 6.45) is 1.87. The summed E-state index contributed by atoms with van der Waals surface area (Å²) < 4.78 is 6.12. The molecule has 0 bridgehead atoms. The third kappa shape index (κ3) is 3.84. The van der Waals surface area contributed by atoms with Crippen molar-refractivity contribution in [2.24, 2.45) is 0 Å². The van der Waals surface area contributed by atoms with E-state index in [1.807, 2.05) is 35.0 Å². The average Bonchev–Trinajstić information content (AvgIpc) is 3.20. The van der Waals surface area contributed by atoms with Crippen LogP contribution in [0.3, 0.4) is 0 Å². The molecule has 0 fully saturated rings. The monoisotopic (exact) mass is 351 g/mol. The topological polar surface area (TPSA) is 42.2 Å². The van der Waals surface area contributed by atoms with E-state index in [0.29, 0.717) is 18.3 Å². The van der Waals surface area contributed by atoms with Gasteiger partial charge < -0.3 is 4.52 Å². The molecule has 0 atom stereocenters. The maximum absolute atomic E-state index is 5.98. The molecule has 0 aliphatic rings. The molecule has 22 heavy (non-hydrogen) atoms. The van der Waals surface area contributed by atoms with Crippen LogP contribution < -0.4 is 0 Å². The number of hydrogen-bond donors (Lipinski definition) is 0. The van der Waals surface area contributed by atoms with Crippen molar-refractivity contribution in [3.63, 3.8) is 0 Å². The highest BCUT2D eigenvalue weighted by atomic mass is 35.5. The third-order valence-corrected chi connectivity index (χ3v) is 4.90. The minimum absolute atomic E-state index is 0.564. The molecule has 0 N–H and O–H groups in total. The Morgan fingerprint density at radius 2 is 2.23 bits per heavy atom. The Bertz CT molecular complexity index is 736. The molecule has 0 aromatic carbocycles. The summed E-state index contributed by atoms with van der Waals surface area (Å²) in [5.41, 5.74) is 0.962.